The molecule has 1 saturated heterocycles. The lowest BCUT2D eigenvalue weighted by atomic mass is 9.98. The first-order chi connectivity index (χ1) is 8.50. The van der Waals surface area contributed by atoms with Gasteiger partial charge >= 0.3 is 0 Å². The Hall–Kier alpha value is -0.870. The summed E-state index contributed by atoms with van der Waals surface area (Å²) in [6.45, 7) is 3.54. The molecule has 0 bridgehead atoms. The van der Waals surface area contributed by atoms with Crippen LogP contribution in [0.1, 0.15) is 25.8 Å². The predicted octanol–water partition coefficient (Wildman–Crippen LogP) is 2.81. The fraction of sp³-hybridized carbons (Fsp3) is 0.571. The summed E-state index contributed by atoms with van der Waals surface area (Å²) in [5, 5.41) is 10.0. The highest BCUT2D eigenvalue weighted by atomic mass is 32.2. The van der Waals surface area contributed by atoms with E-state index in [0.29, 0.717) is 0 Å². The van der Waals surface area contributed by atoms with Gasteiger partial charge in [-0.05, 0) is 43.7 Å². The third-order valence-electron chi connectivity index (χ3n) is 3.05. The van der Waals surface area contributed by atoms with Crippen molar-refractivity contribution in [3.05, 3.63) is 23.8 Å². The van der Waals surface area contributed by atoms with Crippen molar-refractivity contribution in [2.75, 3.05) is 18.6 Å². The van der Waals surface area contributed by atoms with Crippen LogP contribution in [0.25, 0.3) is 0 Å². The fourth-order valence-electron chi connectivity index (χ4n) is 1.93. The number of thioether (sulfide) groups is 1. The maximum atomic E-state index is 10.0. The van der Waals surface area contributed by atoms with Crippen LogP contribution in [0, 0.1) is 0 Å². The average Bonchev–Trinajstić information content (AvgIpc) is 2.80. The summed E-state index contributed by atoms with van der Waals surface area (Å²) in [6, 6.07) is 5.60. The zero-order valence-corrected chi connectivity index (χ0v) is 11.9. The molecule has 0 saturated carbocycles. The van der Waals surface area contributed by atoms with Crippen LogP contribution in [0.2, 0.25) is 0 Å². The van der Waals surface area contributed by atoms with Gasteiger partial charge in [-0.1, -0.05) is 6.07 Å². The van der Waals surface area contributed by atoms with E-state index in [1.807, 2.05) is 30.0 Å². The minimum absolute atomic E-state index is 0.251. The normalized spacial score (nSPS) is 19.9. The van der Waals surface area contributed by atoms with Crippen molar-refractivity contribution in [3.8, 4) is 11.5 Å². The largest absolute Gasteiger partial charge is 0.493 e. The van der Waals surface area contributed by atoms with Crippen LogP contribution in [-0.4, -0.2) is 29.8 Å². The second kappa shape index (κ2) is 5.41. The summed E-state index contributed by atoms with van der Waals surface area (Å²) in [7, 11) is 1.63. The first-order valence-corrected chi connectivity index (χ1v) is 7.31. The van der Waals surface area contributed by atoms with Crippen LogP contribution in [-0.2, 0) is 5.60 Å². The van der Waals surface area contributed by atoms with Gasteiger partial charge in [0.2, 0.25) is 0 Å². The van der Waals surface area contributed by atoms with Gasteiger partial charge in [0.1, 0.15) is 6.10 Å². The number of rotatable bonds is 4. The Labute approximate surface area is 112 Å². The number of hydrogen-bond acceptors (Lipinski definition) is 4. The Morgan fingerprint density at radius 1 is 1.33 bits per heavy atom. The SMILES string of the molecule is COc1ccc(C(C)(C)O)cc1OC1CCSC1. The van der Waals surface area contributed by atoms with Crippen molar-refractivity contribution >= 4 is 11.8 Å². The molecule has 0 radical (unpaired) electrons. The first kappa shape index (κ1) is 13.6. The zero-order valence-electron chi connectivity index (χ0n) is 11.1. The Balaban J connectivity index is 2.24. The van der Waals surface area contributed by atoms with Crippen LogP contribution < -0.4 is 9.47 Å². The van der Waals surface area contributed by atoms with Crippen LogP contribution >= 0.6 is 11.8 Å². The number of hydrogen-bond donors (Lipinski definition) is 1. The van der Waals surface area contributed by atoms with Crippen molar-refractivity contribution in [2.45, 2.75) is 32.0 Å². The molecule has 4 heteroatoms. The minimum atomic E-state index is -0.866. The molecule has 1 atom stereocenters. The third kappa shape index (κ3) is 3.12. The molecule has 1 fully saturated rings. The van der Waals surface area contributed by atoms with Gasteiger partial charge in [0.15, 0.2) is 11.5 Å². The van der Waals surface area contributed by atoms with Crippen LogP contribution in [0.5, 0.6) is 11.5 Å². The third-order valence-corrected chi connectivity index (χ3v) is 4.18. The van der Waals surface area contributed by atoms with E-state index in [1.165, 1.54) is 0 Å². The number of methoxy groups -OCH3 is 1. The van der Waals surface area contributed by atoms with Crippen molar-refractivity contribution in [1.29, 1.82) is 0 Å². The molecule has 0 amide bonds. The quantitative estimate of drug-likeness (QED) is 0.911. The molecule has 1 aromatic carbocycles. The molecule has 18 heavy (non-hydrogen) atoms. The van der Waals surface area contributed by atoms with Gasteiger partial charge in [-0.2, -0.15) is 11.8 Å². The van der Waals surface area contributed by atoms with E-state index in [1.54, 1.807) is 21.0 Å². The summed E-state index contributed by atoms with van der Waals surface area (Å²) in [4.78, 5) is 0. The molecule has 1 aliphatic heterocycles. The predicted molar refractivity (Wildman–Crippen MR) is 74.6 cm³/mol. The lowest BCUT2D eigenvalue weighted by Crippen LogP contribution is -2.18. The molecule has 100 valence electrons. The molecule has 1 aliphatic rings. The van der Waals surface area contributed by atoms with Crippen molar-refractivity contribution in [2.24, 2.45) is 0 Å². The molecule has 1 heterocycles. The summed E-state index contributed by atoms with van der Waals surface area (Å²) in [5.74, 6) is 3.62. The topological polar surface area (TPSA) is 38.7 Å². The van der Waals surface area contributed by atoms with E-state index in [2.05, 4.69) is 0 Å². The summed E-state index contributed by atoms with van der Waals surface area (Å²) >= 11 is 1.91. The monoisotopic (exact) mass is 268 g/mol. The van der Waals surface area contributed by atoms with Gasteiger partial charge in [-0.3, -0.25) is 0 Å². The Morgan fingerprint density at radius 3 is 2.67 bits per heavy atom. The van der Waals surface area contributed by atoms with Gasteiger partial charge in [0.05, 0.1) is 12.7 Å². The number of aliphatic hydroxyl groups is 1. The molecule has 2 rings (SSSR count). The summed E-state index contributed by atoms with van der Waals surface area (Å²) in [5.41, 5.74) is -0.0293. The van der Waals surface area contributed by atoms with E-state index in [-0.39, 0.29) is 6.10 Å². The second-order valence-corrected chi connectivity index (χ2v) is 6.18. The van der Waals surface area contributed by atoms with Crippen molar-refractivity contribution in [1.82, 2.24) is 0 Å². The maximum absolute atomic E-state index is 10.0. The molecule has 1 unspecified atom stereocenters. The molecule has 1 N–H and O–H groups in total. The standard InChI is InChI=1S/C14H20O3S/c1-14(2,15)10-4-5-12(16-3)13(8-10)17-11-6-7-18-9-11/h4-5,8,11,15H,6-7,9H2,1-3H3. The smallest absolute Gasteiger partial charge is 0.161 e. The minimum Gasteiger partial charge on any atom is -0.493 e. The molecule has 0 aromatic heterocycles. The zero-order chi connectivity index (χ0) is 13.2. The van der Waals surface area contributed by atoms with E-state index in [4.69, 9.17) is 9.47 Å². The molecule has 3 nitrogen and oxygen atoms in total. The summed E-state index contributed by atoms with van der Waals surface area (Å²) in [6.07, 6.45) is 1.32. The lowest BCUT2D eigenvalue weighted by molar-refractivity contribution is 0.0779. The van der Waals surface area contributed by atoms with Gasteiger partial charge in [-0.15, -0.1) is 0 Å². The first-order valence-electron chi connectivity index (χ1n) is 6.16. The molecule has 1 aromatic rings. The van der Waals surface area contributed by atoms with Crippen molar-refractivity contribution in [3.63, 3.8) is 0 Å². The Bertz CT molecular complexity index is 406. The number of benzene rings is 1. The van der Waals surface area contributed by atoms with E-state index in [0.717, 1.165) is 35.0 Å². The molecular formula is C14H20O3S. The van der Waals surface area contributed by atoms with Gasteiger partial charge in [0.25, 0.3) is 0 Å². The Kier molecular flexibility index (Phi) is 4.07. The molecule has 0 spiro atoms. The summed E-state index contributed by atoms with van der Waals surface area (Å²) < 4.78 is 11.3. The van der Waals surface area contributed by atoms with Crippen LogP contribution in [0.4, 0.5) is 0 Å². The maximum Gasteiger partial charge on any atom is 0.161 e. The van der Waals surface area contributed by atoms with E-state index >= 15 is 0 Å². The highest BCUT2D eigenvalue weighted by Gasteiger charge is 2.22. The molecular weight excluding hydrogens is 248 g/mol. The Morgan fingerprint density at radius 2 is 2.11 bits per heavy atom. The van der Waals surface area contributed by atoms with E-state index < -0.39 is 5.60 Å². The number of ether oxygens (including phenoxy) is 2. The van der Waals surface area contributed by atoms with Crippen LogP contribution in [0.3, 0.4) is 0 Å². The fourth-order valence-corrected chi connectivity index (χ4v) is 3.03. The van der Waals surface area contributed by atoms with E-state index in [9.17, 15) is 5.11 Å². The van der Waals surface area contributed by atoms with Crippen molar-refractivity contribution < 1.29 is 14.6 Å². The average molecular weight is 268 g/mol. The van der Waals surface area contributed by atoms with Crippen LogP contribution in [0.15, 0.2) is 18.2 Å². The highest BCUT2D eigenvalue weighted by Crippen LogP contribution is 2.34. The van der Waals surface area contributed by atoms with Gasteiger partial charge < -0.3 is 14.6 Å². The molecule has 0 aliphatic carbocycles. The van der Waals surface area contributed by atoms with Gasteiger partial charge in [0, 0.05) is 5.75 Å². The van der Waals surface area contributed by atoms with Gasteiger partial charge in [-0.25, -0.2) is 0 Å². The lowest BCUT2D eigenvalue weighted by Gasteiger charge is -2.21. The second-order valence-electron chi connectivity index (χ2n) is 5.03. The highest BCUT2D eigenvalue weighted by molar-refractivity contribution is 7.99.